The van der Waals surface area contributed by atoms with Crippen LogP contribution in [0.3, 0.4) is 0 Å². The van der Waals surface area contributed by atoms with Gasteiger partial charge in [0.2, 0.25) is 0 Å². The molecular weight excluding hydrogens is 404 g/mol. The Labute approximate surface area is 158 Å². The smallest absolute Gasteiger partial charge is 0.338 e. The Balaban J connectivity index is 1.45. The molecule has 0 saturated carbocycles. The molecule has 3 rings (SSSR count). The first-order valence-corrected chi connectivity index (χ1v) is 8.87. The van der Waals surface area contributed by atoms with Gasteiger partial charge in [-0.2, -0.15) is 0 Å². The van der Waals surface area contributed by atoms with E-state index in [0.29, 0.717) is 31.7 Å². The SMILES string of the molecule is O=C(OCC(=O)N1CCN(C(=O)c2ccco2)CC1)c1ccc(Br)cc1. The Morgan fingerprint density at radius 1 is 1.00 bits per heavy atom. The molecule has 0 bridgehead atoms. The molecule has 8 heteroatoms. The Kier molecular flexibility index (Phi) is 5.72. The molecule has 136 valence electrons. The van der Waals surface area contributed by atoms with Gasteiger partial charge in [0.1, 0.15) is 0 Å². The summed E-state index contributed by atoms with van der Waals surface area (Å²) in [5.74, 6) is -0.727. The van der Waals surface area contributed by atoms with Gasteiger partial charge in [0, 0.05) is 30.7 Å². The van der Waals surface area contributed by atoms with E-state index in [1.807, 2.05) is 0 Å². The van der Waals surface area contributed by atoms with Crippen molar-refractivity contribution in [1.29, 1.82) is 0 Å². The average molecular weight is 421 g/mol. The summed E-state index contributed by atoms with van der Waals surface area (Å²) in [6.45, 7) is 1.28. The van der Waals surface area contributed by atoms with Gasteiger partial charge in [-0.15, -0.1) is 0 Å². The van der Waals surface area contributed by atoms with Crippen LogP contribution < -0.4 is 0 Å². The maximum atomic E-state index is 12.2. The molecule has 0 radical (unpaired) electrons. The van der Waals surface area contributed by atoms with Gasteiger partial charge in [-0.1, -0.05) is 15.9 Å². The van der Waals surface area contributed by atoms with Gasteiger partial charge in [0.25, 0.3) is 11.8 Å². The predicted molar refractivity (Wildman–Crippen MR) is 95.6 cm³/mol. The number of halogens is 1. The van der Waals surface area contributed by atoms with Crippen molar-refractivity contribution in [3.63, 3.8) is 0 Å². The Hall–Kier alpha value is -2.61. The highest BCUT2D eigenvalue weighted by Crippen LogP contribution is 2.12. The van der Waals surface area contributed by atoms with Crippen molar-refractivity contribution in [3.8, 4) is 0 Å². The number of nitrogens with zero attached hydrogens (tertiary/aromatic N) is 2. The van der Waals surface area contributed by atoms with Gasteiger partial charge >= 0.3 is 5.97 Å². The second kappa shape index (κ2) is 8.18. The van der Waals surface area contributed by atoms with E-state index in [9.17, 15) is 14.4 Å². The van der Waals surface area contributed by atoms with E-state index >= 15 is 0 Å². The minimum absolute atomic E-state index is 0.191. The number of piperazine rings is 1. The topological polar surface area (TPSA) is 80.1 Å². The second-order valence-electron chi connectivity index (χ2n) is 5.73. The van der Waals surface area contributed by atoms with Crippen LogP contribution >= 0.6 is 15.9 Å². The number of rotatable bonds is 4. The molecule has 1 saturated heterocycles. The summed E-state index contributed by atoms with van der Waals surface area (Å²) in [6, 6.07) is 9.97. The first-order chi connectivity index (χ1) is 12.5. The van der Waals surface area contributed by atoms with E-state index in [1.165, 1.54) is 6.26 Å². The molecule has 1 aromatic carbocycles. The maximum absolute atomic E-state index is 12.2. The molecule has 2 amide bonds. The van der Waals surface area contributed by atoms with Gasteiger partial charge in [-0.25, -0.2) is 4.79 Å². The van der Waals surface area contributed by atoms with Crippen molar-refractivity contribution < 1.29 is 23.5 Å². The molecule has 7 nitrogen and oxygen atoms in total. The van der Waals surface area contributed by atoms with Crippen LogP contribution in [0.2, 0.25) is 0 Å². The number of furan rings is 1. The molecule has 0 aliphatic carbocycles. The molecule has 0 N–H and O–H groups in total. The monoisotopic (exact) mass is 420 g/mol. The molecule has 1 aliphatic heterocycles. The van der Waals surface area contributed by atoms with Crippen molar-refractivity contribution in [1.82, 2.24) is 9.80 Å². The average Bonchev–Trinajstić information content (AvgIpc) is 3.20. The lowest BCUT2D eigenvalue weighted by Crippen LogP contribution is -2.51. The predicted octanol–water partition coefficient (Wildman–Crippen LogP) is 2.18. The summed E-state index contributed by atoms with van der Waals surface area (Å²) in [7, 11) is 0. The third-order valence-corrected chi connectivity index (χ3v) is 4.59. The molecule has 0 spiro atoms. The zero-order valence-electron chi connectivity index (χ0n) is 13.9. The fraction of sp³-hybridized carbons (Fsp3) is 0.278. The van der Waals surface area contributed by atoms with Gasteiger partial charge < -0.3 is 19.0 Å². The van der Waals surface area contributed by atoms with Gasteiger partial charge in [-0.05, 0) is 36.4 Å². The fourth-order valence-corrected chi connectivity index (χ4v) is 2.87. The van der Waals surface area contributed by atoms with Gasteiger partial charge in [-0.3, -0.25) is 9.59 Å². The second-order valence-corrected chi connectivity index (χ2v) is 6.65. The van der Waals surface area contributed by atoms with Crippen LogP contribution in [0.25, 0.3) is 0 Å². The number of carbonyl (C=O) groups excluding carboxylic acids is 3. The van der Waals surface area contributed by atoms with Crippen LogP contribution in [0.4, 0.5) is 0 Å². The van der Waals surface area contributed by atoms with Gasteiger partial charge in [0.05, 0.1) is 11.8 Å². The highest BCUT2D eigenvalue weighted by molar-refractivity contribution is 9.10. The number of esters is 1. The lowest BCUT2D eigenvalue weighted by molar-refractivity contribution is -0.136. The van der Waals surface area contributed by atoms with Crippen molar-refractivity contribution in [2.75, 3.05) is 32.8 Å². The van der Waals surface area contributed by atoms with Crippen LogP contribution in [0.5, 0.6) is 0 Å². The Morgan fingerprint density at radius 3 is 2.27 bits per heavy atom. The summed E-state index contributed by atoms with van der Waals surface area (Å²) in [5.41, 5.74) is 0.384. The number of hydrogen-bond donors (Lipinski definition) is 0. The summed E-state index contributed by atoms with van der Waals surface area (Å²) in [5, 5.41) is 0. The minimum atomic E-state index is -0.544. The Morgan fingerprint density at radius 2 is 1.65 bits per heavy atom. The number of amides is 2. The zero-order chi connectivity index (χ0) is 18.5. The van der Waals surface area contributed by atoms with E-state index in [1.54, 1.807) is 46.2 Å². The number of ether oxygens (including phenoxy) is 1. The number of hydrogen-bond acceptors (Lipinski definition) is 5. The molecule has 1 fully saturated rings. The third-order valence-electron chi connectivity index (χ3n) is 4.06. The standard InChI is InChI=1S/C18H17BrN2O5/c19-14-5-3-13(4-6-14)18(24)26-12-16(22)20-7-9-21(10-8-20)17(23)15-2-1-11-25-15/h1-6,11H,7-10,12H2. The van der Waals surface area contributed by atoms with E-state index in [0.717, 1.165) is 4.47 Å². The molecule has 1 aliphatic rings. The molecule has 0 unspecified atom stereocenters. The quantitative estimate of drug-likeness (QED) is 0.708. The molecule has 26 heavy (non-hydrogen) atoms. The largest absolute Gasteiger partial charge is 0.459 e. The minimum Gasteiger partial charge on any atom is -0.459 e. The van der Waals surface area contributed by atoms with Crippen molar-refractivity contribution in [2.24, 2.45) is 0 Å². The van der Waals surface area contributed by atoms with E-state index in [4.69, 9.17) is 9.15 Å². The number of carbonyl (C=O) groups is 3. The first-order valence-electron chi connectivity index (χ1n) is 8.08. The zero-order valence-corrected chi connectivity index (χ0v) is 15.5. The molecule has 2 heterocycles. The van der Waals surface area contributed by atoms with Gasteiger partial charge in [0.15, 0.2) is 12.4 Å². The molecule has 2 aromatic rings. The highest BCUT2D eigenvalue weighted by atomic mass is 79.9. The summed E-state index contributed by atoms with van der Waals surface area (Å²) < 4.78 is 11.0. The molecule has 1 aromatic heterocycles. The Bertz CT molecular complexity index is 780. The fourth-order valence-electron chi connectivity index (χ4n) is 2.60. The molecular formula is C18H17BrN2O5. The molecule has 0 atom stereocenters. The van der Waals surface area contributed by atoms with Crippen molar-refractivity contribution in [3.05, 3.63) is 58.5 Å². The van der Waals surface area contributed by atoms with Crippen LogP contribution in [0.1, 0.15) is 20.9 Å². The summed E-state index contributed by atoms with van der Waals surface area (Å²) >= 11 is 3.29. The van der Waals surface area contributed by atoms with Crippen molar-refractivity contribution in [2.45, 2.75) is 0 Å². The lowest BCUT2D eigenvalue weighted by atomic mass is 10.2. The van der Waals surface area contributed by atoms with Crippen LogP contribution in [0.15, 0.2) is 51.6 Å². The van der Waals surface area contributed by atoms with Crippen LogP contribution in [0, 0.1) is 0 Å². The normalized spacial score (nSPS) is 14.2. The van der Waals surface area contributed by atoms with Crippen LogP contribution in [-0.4, -0.2) is 60.4 Å². The first kappa shape index (κ1) is 18.2. The highest BCUT2D eigenvalue weighted by Gasteiger charge is 2.26. The third kappa shape index (κ3) is 4.32. The van der Waals surface area contributed by atoms with E-state index in [-0.39, 0.29) is 24.2 Å². The number of benzene rings is 1. The summed E-state index contributed by atoms with van der Waals surface area (Å²) in [6.07, 6.45) is 1.45. The van der Waals surface area contributed by atoms with E-state index < -0.39 is 5.97 Å². The summed E-state index contributed by atoms with van der Waals surface area (Å²) in [4.78, 5) is 39.6. The van der Waals surface area contributed by atoms with Crippen molar-refractivity contribution >= 4 is 33.7 Å². The van der Waals surface area contributed by atoms with Crippen LogP contribution in [-0.2, 0) is 9.53 Å². The maximum Gasteiger partial charge on any atom is 0.338 e. The lowest BCUT2D eigenvalue weighted by Gasteiger charge is -2.34. The van der Waals surface area contributed by atoms with E-state index in [2.05, 4.69) is 15.9 Å².